The van der Waals surface area contributed by atoms with Crippen molar-refractivity contribution in [1.29, 1.82) is 0 Å². The first-order chi connectivity index (χ1) is 6.68. The third-order valence-corrected chi connectivity index (χ3v) is 2.26. The maximum absolute atomic E-state index is 10.7. The van der Waals surface area contributed by atoms with E-state index in [-0.39, 0.29) is 11.2 Å². The zero-order valence-corrected chi connectivity index (χ0v) is 7.86. The Kier molecular flexibility index (Phi) is 2.13. The number of nitro groups is 1. The van der Waals surface area contributed by atoms with E-state index in [1.54, 1.807) is 24.3 Å². The molecule has 1 unspecified atom stereocenters. The number of rotatable bonds is 1. The van der Waals surface area contributed by atoms with Gasteiger partial charge in [0.05, 0.1) is 10.5 Å². The van der Waals surface area contributed by atoms with Gasteiger partial charge >= 0.3 is 0 Å². The molecular formula is C9H7ClN2O2. The van der Waals surface area contributed by atoms with Gasteiger partial charge in [-0.25, -0.2) is 0 Å². The molecule has 4 nitrogen and oxygen atoms in total. The first-order valence-electron chi connectivity index (χ1n) is 4.05. The van der Waals surface area contributed by atoms with Crippen LogP contribution >= 0.6 is 11.6 Å². The summed E-state index contributed by atoms with van der Waals surface area (Å²) in [6, 6.07) is 4.87. The highest BCUT2D eigenvalue weighted by atomic mass is 35.5. The molecule has 1 aliphatic rings. The highest BCUT2D eigenvalue weighted by Crippen LogP contribution is 2.31. The SMILES string of the molecule is O=[N+]([O-])c1cccc2c1C=CC(Cl)N2. The van der Waals surface area contributed by atoms with Gasteiger partial charge < -0.3 is 5.32 Å². The van der Waals surface area contributed by atoms with Crippen LogP contribution in [0.1, 0.15) is 5.56 Å². The van der Waals surface area contributed by atoms with E-state index < -0.39 is 4.92 Å². The topological polar surface area (TPSA) is 55.2 Å². The summed E-state index contributed by atoms with van der Waals surface area (Å²) in [5, 5.41) is 13.6. The minimum Gasteiger partial charge on any atom is -0.365 e. The molecule has 0 fully saturated rings. The number of nitro benzene ring substituents is 1. The summed E-state index contributed by atoms with van der Waals surface area (Å²) in [6.07, 6.45) is 3.35. The Bertz CT molecular complexity index is 417. The molecule has 0 bridgehead atoms. The Balaban J connectivity index is 2.55. The second-order valence-corrected chi connectivity index (χ2v) is 3.37. The summed E-state index contributed by atoms with van der Waals surface area (Å²) in [6.45, 7) is 0. The Morgan fingerprint density at radius 1 is 1.50 bits per heavy atom. The highest BCUT2D eigenvalue weighted by Gasteiger charge is 2.18. The van der Waals surface area contributed by atoms with Crippen molar-refractivity contribution in [3.05, 3.63) is 40.0 Å². The summed E-state index contributed by atoms with van der Waals surface area (Å²) in [5.41, 5.74) is 1.07. The van der Waals surface area contributed by atoms with E-state index in [1.807, 2.05) is 0 Å². The fraction of sp³-hybridized carbons (Fsp3) is 0.111. The van der Waals surface area contributed by atoms with Crippen LogP contribution < -0.4 is 5.32 Å². The van der Waals surface area contributed by atoms with Gasteiger partial charge in [-0.1, -0.05) is 17.7 Å². The highest BCUT2D eigenvalue weighted by molar-refractivity contribution is 6.23. The van der Waals surface area contributed by atoms with Crippen LogP contribution in [-0.2, 0) is 0 Å². The maximum Gasteiger partial charge on any atom is 0.278 e. The van der Waals surface area contributed by atoms with Crippen LogP contribution in [0.15, 0.2) is 24.3 Å². The average molecular weight is 211 g/mol. The molecule has 0 saturated carbocycles. The lowest BCUT2D eigenvalue weighted by molar-refractivity contribution is -0.385. The van der Waals surface area contributed by atoms with Gasteiger partial charge in [0.1, 0.15) is 5.50 Å². The quantitative estimate of drug-likeness (QED) is 0.336. The van der Waals surface area contributed by atoms with Crippen molar-refractivity contribution in [2.45, 2.75) is 5.50 Å². The van der Waals surface area contributed by atoms with Gasteiger partial charge in [0.15, 0.2) is 0 Å². The molecule has 0 aromatic heterocycles. The summed E-state index contributed by atoms with van der Waals surface area (Å²) in [4.78, 5) is 10.3. The molecule has 1 atom stereocenters. The van der Waals surface area contributed by atoms with E-state index in [9.17, 15) is 10.1 Å². The normalized spacial score (nSPS) is 18.5. The van der Waals surface area contributed by atoms with E-state index in [2.05, 4.69) is 5.32 Å². The Morgan fingerprint density at radius 3 is 3.00 bits per heavy atom. The molecule has 72 valence electrons. The molecule has 14 heavy (non-hydrogen) atoms. The van der Waals surface area contributed by atoms with Crippen LogP contribution in [0.4, 0.5) is 11.4 Å². The van der Waals surface area contributed by atoms with Crippen molar-refractivity contribution in [2.75, 3.05) is 5.32 Å². The zero-order chi connectivity index (χ0) is 10.1. The average Bonchev–Trinajstić information content (AvgIpc) is 2.16. The van der Waals surface area contributed by atoms with E-state index in [4.69, 9.17) is 11.6 Å². The van der Waals surface area contributed by atoms with E-state index >= 15 is 0 Å². The van der Waals surface area contributed by atoms with Crippen molar-refractivity contribution < 1.29 is 4.92 Å². The molecule has 0 amide bonds. The second-order valence-electron chi connectivity index (χ2n) is 2.90. The van der Waals surface area contributed by atoms with Crippen LogP contribution in [0, 0.1) is 10.1 Å². The van der Waals surface area contributed by atoms with Gasteiger partial charge in [-0.2, -0.15) is 0 Å². The van der Waals surface area contributed by atoms with Crippen LogP contribution in [-0.4, -0.2) is 10.4 Å². The van der Waals surface area contributed by atoms with Gasteiger partial charge in [0.2, 0.25) is 0 Å². The van der Waals surface area contributed by atoms with Crippen LogP contribution in [0.2, 0.25) is 0 Å². The number of hydrogen-bond donors (Lipinski definition) is 1. The molecule has 1 aromatic rings. The monoisotopic (exact) mass is 210 g/mol. The van der Waals surface area contributed by atoms with Gasteiger partial charge in [-0.3, -0.25) is 10.1 Å². The van der Waals surface area contributed by atoms with E-state index in [1.165, 1.54) is 6.07 Å². The largest absolute Gasteiger partial charge is 0.365 e. The van der Waals surface area contributed by atoms with Crippen molar-refractivity contribution >= 4 is 29.1 Å². The predicted octanol–water partition coefficient (Wildman–Crippen LogP) is 2.60. The lowest BCUT2D eigenvalue weighted by atomic mass is 10.1. The number of halogens is 1. The fourth-order valence-corrected chi connectivity index (χ4v) is 1.58. The third kappa shape index (κ3) is 1.44. The Labute approximate surface area is 85.3 Å². The minimum absolute atomic E-state index is 0.0924. The lowest BCUT2D eigenvalue weighted by Gasteiger charge is -2.16. The van der Waals surface area contributed by atoms with Crippen molar-refractivity contribution in [3.63, 3.8) is 0 Å². The summed E-state index contributed by atoms with van der Waals surface area (Å²) < 4.78 is 0. The third-order valence-electron chi connectivity index (χ3n) is 2.01. The minimum atomic E-state index is -0.403. The molecule has 1 aliphatic heterocycles. The van der Waals surface area contributed by atoms with Gasteiger partial charge in [-0.15, -0.1) is 0 Å². The zero-order valence-electron chi connectivity index (χ0n) is 7.11. The number of nitrogens with zero attached hydrogens (tertiary/aromatic N) is 1. The molecule has 0 spiro atoms. The molecule has 0 radical (unpaired) electrons. The number of hydrogen-bond acceptors (Lipinski definition) is 3. The number of benzene rings is 1. The molecular weight excluding hydrogens is 204 g/mol. The number of nitrogens with one attached hydrogen (secondary N) is 1. The predicted molar refractivity (Wildman–Crippen MR) is 55.4 cm³/mol. The number of alkyl halides is 1. The van der Waals surface area contributed by atoms with Crippen molar-refractivity contribution in [1.82, 2.24) is 0 Å². The molecule has 1 N–H and O–H groups in total. The summed E-state index contributed by atoms with van der Waals surface area (Å²) >= 11 is 5.81. The smallest absolute Gasteiger partial charge is 0.278 e. The Hall–Kier alpha value is -1.55. The van der Waals surface area contributed by atoms with Crippen LogP contribution in [0.25, 0.3) is 6.08 Å². The molecule has 1 aromatic carbocycles. The van der Waals surface area contributed by atoms with Crippen LogP contribution in [0.5, 0.6) is 0 Å². The Morgan fingerprint density at radius 2 is 2.29 bits per heavy atom. The van der Waals surface area contributed by atoms with Crippen LogP contribution in [0.3, 0.4) is 0 Å². The van der Waals surface area contributed by atoms with Crippen molar-refractivity contribution in [3.8, 4) is 0 Å². The molecule has 5 heteroatoms. The first-order valence-corrected chi connectivity index (χ1v) is 4.48. The second kappa shape index (κ2) is 3.31. The number of anilines is 1. The summed E-state index contributed by atoms with van der Waals surface area (Å²) in [7, 11) is 0. The van der Waals surface area contributed by atoms with E-state index in [0.29, 0.717) is 11.3 Å². The lowest BCUT2D eigenvalue weighted by Crippen LogP contribution is -2.13. The molecule has 2 rings (SSSR count). The maximum atomic E-state index is 10.7. The molecule has 1 heterocycles. The summed E-state index contributed by atoms with van der Waals surface area (Å²) in [5.74, 6) is 0. The first kappa shape index (κ1) is 9.02. The van der Waals surface area contributed by atoms with E-state index in [0.717, 1.165) is 0 Å². The van der Waals surface area contributed by atoms with Gasteiger partial charge in [0.25, 0.3) is 5.69 Å². The standard InChI is InChI=1S/C9H7ClN2O2/c10-9-5-4-6-7(11-9)2-1-3-8(6)12(13)14/h1-5,9,11H. The van der Waals surface area contributed by atoms with Gasteiger partial charge in [0, 0.05) is 11.8 Å². The molecule has 0 aliphatic carbocycles. The number of fused-ring (bicyclic) bond motifs is 1. The molecule has 0 saturated heterocycles. The van der Waals surface area contributed by atoms with Crippen molar-refractivity contribution in [2.24, 2.45) is 0 Å². The fourth-order valence-electron chi connectivity index (χ4n) is 1.39. The van der Waals surface area contributed by atoms with Gasteiger partial charge in [-0.05, 0) is 18.2 Å².